The molecule has 25 heavy (non-hydrogen) atoms. The number of ether oxygens (including phenoxy) is 1. The van der Waals surface area contributed by atoms with Crippen LogP contribution in [0.5, 0.6) is 0 Å². The van der Waals surface area contributed by atoms with E-state index in [4.69, 9.17) is 11.6 Å². The number of esters is 1. The number of amides is 1. The van der Waals surface area contributed by atoms with E-state index in [-0.39, 0.29) is 16.5 Å². The Hall–Kier alpha value is -3.19. The van der Waals surface area contributed by atoms with Crippen LogP contribution in [-0.2, 0) is 4.74 Å². The first-order chi connectivity index (χ1) is 12.1. The van der Waals surface area contributed by atoms with E-state index in [1.54, 1.807) is 41.3 Å². The Morgan fingerprint density at radius 1 is 1.16 bits per heavy atom. The molecule has 1 amide bonds. The quantitative estimate of drug-likeness (QED) is 0.726. The third-order valence-electron chi connectivity index (χ3n) is 3.44. The van der Waals surface area contributed by atoms with E-state index < -0.39 is 5.97 Å². The van der Waals surface area contributed by atoms with Gasteiger partial charge in [0.15, 0.2) is 0 Å². The van der Waals surface area contributed by atoms with Gasteiger partial charge in [-0.15, -0.1) is 0 Å². The van der Waals surface area contributed by atoms with Crippen LogP contribution >= 0.6 is 11.6 Å². The molecule has 0 aliphatic carbocycles. The van der Waals surface area contributed by atoms with E-state index >= 15 is 0 Å². The lowest BCUT2D eigenvalue weighted by atomic mass is 10.1. The molecule has 126 valence electrons. The van der Waals surface area contributed by atoms with Gasteiger partial charge in [0.05, 0.1) is 23.4 Å². The van der Waals surface area contributed by atoms with E-state index in [1.165, 1.54) is 25.6 Å². The van der Waals surface area contributed by atoms with Crippen LogP contribution in [0.1, 0.15) is 20.7 Å². The van der Waals surface area contributed by atoms with Gasteiger partial charge in [-0.2, -0.15) is 5.10 Å². The summed E-state index contributed by atoms with van der Waals surface area (Å²) in [6.45, 7) is 0. The van der Waals surface area contributed by atoms with Crippen LogP contribution in [0, 0.1) is 0 Å². The van der Waals surface area contributed by atoms with Gasteiger partial charge in [-0.25, -0.2) is 14.5 Å². The minimum absolute atomic E-state index is 0.184. The Morgan fingerprint density at radius 2 is 1.92 bits per heavy atom. The third kappa shape index (κ3) is 3.67. The van der Waals surface area contributed by atoms with Gasteiger partial charge in [0.1, 0.15) is 12.7 Å². The molecular weight excluding hydrogens is 344 g/mol. The third-order valence-corrected chi connectivity index (χ3v) is 3.77. The topological polar surface area (TPSA) is 86.1 Å². The first-order valence-electron chi connectivity index (χ1n) is 7.23. The van der Waals surface area contributed by atoms with Crippen LogP contribution in [-0.4, -0.2) is 33.8 Å². The number of carbonyl (C=O) groups excluding carboxylic acids is 2. The number of halogens is 1. The molecule has 1 aromatic heterocycles. The lowest BCUT2D eigenvalue weighted by Crippen LogP contribution is -2.13. The maximum absolute atomic E-state index is 12.4. The van der Waals surface area contributed by atoms with Crippen LogP contribution in [0.3, 0.4) is 0 Å². The number of hydrogen-bond acceptors (Lipinski definition) is 5. The summed E-state index contributed by atoms with van der Waals surface area (Å²) >= 11 is 5.96. The lowest BCUT2D eigenvalue weighted by molar-refractivity contribution is 0.0600. The Labute approximate surface area is 148 Å². The summed E-state index contributed by atoms with van der Waals surface area (Å²) in [7, 11) is 1.26. The molecule has 0 bridgehead atoms. The highest BCUT2D eigenvalue weighted by molar-refractivity contribution is 6.33. The maximum atomic E-state index is 12.4. The van der Waals surface area contributed by atoms with Crippen molar-refractivity contribution < 1.29 is 14.3 Å². The average molecular weight is 357 g/mol. The fraction of sp³-hybridized carbons (Fsp3) is 0.0588. The van der Waals surface area contributed by atoms with Gasteiger partial charge in [0, 0.05) is 11.3 Å². The molecule has 0 fully saturated rings. The van der Waals surface area contributed by atoms with Crippen molar-refractivity contribution in [3.05, 3.63) is 71.3 Å². The molecule has 0 spiro atoms. The Balaban J connectivity index is 1.77. The van der Waals surface area contributed by atoms with Crippen LogP contribution in [0.2, 0.25) is 5.02 Å². The SMILES string of the molecule is COC(=O)c1cc(NC(=O)c2ccc(-n3cncn3)cc2)ccc1Cl. The summed E-state index contributed by atoms with van der Waals surface area (Å²) in [5, 5.41) is 6.99. The number of nitrogens with one attached hydrogen (secondary N) is 1. The summed E-state index contributed by atoms with van der Waals surface area (Å²) in [4.78, 5) is 27.9. The Bertz CT molecular complexity index is 908. The van der Waals surface area contributed by atoms with Gasteiger partial charge >= 0.3 is 5.97 Å². The molecule has 3 aromatic rings. The molecule has 0 aliphatic heterocycles. The number of rotatable bonds is 4. The number of nitrogens with zero attached hydrogens (tertiary/aromatic N) is 3. The van der Waals surface area contributed by atoms with Gasteiger partial charge in [-0.05, 0) is 42.5 Å². The van der Waals surface area contributed by atoms with Crippen molar-refractivity contribution in [3.8, 4) is 5.69 Å². The normalized spacial score (nSPS) is 10.3. The van der Waals surface area contributed by atoms with E-state index in [0.717, 1.165) is 5.69 Å². The van der Waals surface area contributed by atoms with Crippen LogP contribution in [0.25, 0.3) is 5.69 Å². The molecule has 1 heterocycles. The van der Waals surface area contributed by atoms with Crippen molar-refractivity contribution in [2.24, 2.45) is 0 Å². The van der Waals surface area contributed by atoms with Gasteiger partial charge in [0.25, 0.3) is 5.91 Å². The predicted molar refractivity (Wildman–Crippen MR) is 92.1 cm³/mol. The second kappa shape index (κ2) is 7.14. The number of hydrogen-bond donors (Lipinski definition) is 1. The van der Waals surface area contributed by atoms with Gasteiger partial charge in [0.2, 0.25) is 0 Å². The minimum atomic E-state index is -0.571. The van der Waals surface area contributed by atoms with Crippen molar-refractivity contribution in [1.29, 1.82) is 0 Å². The second-order valence-electron chi connectivity index (χ2n) is 5.03. The Morgan fingerprint density at radius 3 is 2.56 bits per heavy atom. The van der Waals surface area contributed by atoms with E-state index in [9.17, 15) is 9.59 Å². The highest BCUT2D eigenvalue weighted by atomic mass is 35.5. The van der Waals surface area contributed by atoms with Crippen molar-refractivity contribution >= 4 is 29.2 Å². The molecule has 1 N–H and O–H groups in total. The average Bonchev–Trinajstić information content (AvgIpc) is 3.17. The number of carbonyl (C=O) groups is 2. The largest absolute Gasteiger partial charge is 0.465 e. The predicted octanol–water partition coefficient (Wildman–Crippen LogP) is 2.96. The lowest BCUT2D eigenvalue weighted by Gasteiger charge is -2.09. The summed E-state index contributed by atoms with van der Waals surface area (Å²) in [6, 6.07) is 11.5. The minimum Gasteiger partial charge on any atom is -0.465 e. The van der Waals surface area contributed by atoms with Crippen LogP contribution < -0.4 is 5.32 Å². The molecule has 0 unspecified atom stereocenters. The summed E-state index contributed by atoms with van der Waals surface area (Å²) in [6.07, 6.45) is 3.00. The standard InChI is InChI=1S/C17H13ClN4O3/c1-25-17(24)14-8-12(4-7-15(14)18)21-16(23)11-2-5-13(6-3-11)22-10-19-9-20-22/h2-10H,1H3,(H,21,23). The second-order valence-corrected chi connectivity index (χ2v) is 5.43. The highest BCUT2D eigenvalue weighted by Gasteiger charge is 2.13. The first-order valence-corrected chi connectivity index (χ1v) is 7.60. The first kappa shape index (κ1) is 16.7. The molecule has 0 aliphatic rings. The van der Waals surface area contributed by atoms with E-state index in [1.807, 2.05) is 0 Å². The van der Waals surface area contributed by atoms with Crippen molar-refractivity contribution in [2.75, 3.05) is 12.4 Å². The molecule has 8 heteroatoms. The molecular formula is C17H13ClN4O3. The van der Waals surface area contributed by atoms with Gasteiger partial charge < -0.3 is 10.1 Å². The van der Waals surface area contributed by atoms with Gasteiger partial charge in [-0.3, -0.25) is 4.79 Å². The fourth-order valence-electron chi connectivity index (χ4n) is 2.18. The number of aromatic nitrogens is 3. The highest BCUT2D eigenvalue weighted by Crippen LogP contribution is 2.22. The smallest absolute Gasteiger partial charge is 0.339 e. The summed E-state index contributed by atoms with van der Waals surface area (Å²) < 4.78 is 6.25. The summed E-state index contributed by atoms with van der Waals surface area (Å²) in [5.41, 5.74) is 1.87. The number of anilines is 1. The number of benzene rings is 2. The fourth-order valence-corrected chi connectivity index (χ4v) is 2.37. The Kier molecular flexibility index (Phi) is 4.76. The van der Waals surface area contributed by atoms with Gasteiger partial charge in [-0.1, -0.05) is 11.6 Å². The number of methoxy groups -OCH3 is 1. The molecule has 2 aromatic carbocycles. The molecule has 3 rings (SSSR count). The molecule has 0 saturated heterocycles. The van der Waals surface area contributed by atoms with Crippen molar-refractivity contribution in [1.82, 2.24) is 14.8 Å². The monoisotopic (exact) mass is 356 g/mol. The molecule has 0 atom stereocenters. The van der Waals surface area contributed by atoms with Crippen LogP contribution in [0.4, 0.5) is 5.69 Å². The zero-order chi connectivity index (χ0) is 17.8. The van der Waals surface area contributed by atoms with E-state index in [0.29, 0.717) is 11.3 Å². The summed E-state index contributed by atoms with van der Waals surface area (Å²) in [5.74, 6) is -0.887. The zero-order valence-electron chi connectivity index (χ0n) is 13.1. The maximum Gasteiger partial charge on any atom is 0.339 e. The molecule has 0 radical (unpaired) electrons. The van der Waals surface area contributed by atoms with Crippen molar-refractivity contribution in [3.63, 3.8) is 0 Å². The van der Waals surface area contributed by atoms with Crippen LogP contribution in [0.15, 0.2) is 55.1 Å². The van der Waals surface area contributed by atoms with Crippen molar-refractivity contribution in [2.45, 2.75) is 0 Å². The molecule has 7 nitrogen and oxygen atoms in total. The zero-order valence-corrected chi connectivity index (χ0v) is 13.9. The van der Waals surface area contributed by atoms with E-state index in [2.05, 4.69) is 20.1 Å². The molecule has 0 saturated carbocycles.